The summed E-state index contributed by atoms with van der Waals surface area (Å²) in [4.78, 5) is 11.4. The van der Waals surface area contributed by atoms with Crippen LogP contribution in [0, 0.1) is 5.82 Å². The van der Waals surface area contributed by atoms with E-state index in [2.05, 4.69) is 21.2 Å². The Morgan fingerprint density at radius 2 is 1.86 bits per heavy atom. The monoisotopic (exact) mass is 371 g/mol. The van der Waals surface area contributed by atoms with Crippen molar-refractivity contribution in [3.63, 3.8) is 0 Å². The van der Waals surface area contributed by atoms with E-state index in [0.717, 1.165) is 6.07 Å². The van der Waals surface area contributed by atoms with Gasteiger partial charge in [0, 0.05) is 11.0 Å². The average molecular weight is 372 g/mol. The maximum atomic E-state index is 13.4. The third kappa shape index (κ3) is 5.53. The zero-order valence-corrected chi connectivity index (χ0v) is 13.2. The van der Waals surface area contributed by atoms with Crippen LogP contribution in [0.5, 0.6) is 0 Å². The first-order chi connectivity index (χ1) is 9.40. The van der Waals surface area contributed by atoms with Crippen LogP contribution in [0.4, 0.5) is 22.4 Å². The molecule has 1 aromatic carbocycles. The van der Waals surface area contributed by atoms with Crippen molar-refractivity contribution in [3.8, 4) is 0 Å². The molecule has 0 aliphatic heterocycles. The van der Waals surface area contributed by atoms with E-state index in [-0.39, 0.29) is 16.6 Å². The fourth-order valence-electron chi connectivity index (χ4n) is 1.42. The minimum atomic E-state index is -4.77. The van der Waals surface area contributed by atoms with E-state index in [4.69, 9.17) is 4.74 Å². The van der Waals surface area contributed by atoms with Gasteiger partial charge in [-0.2, -0.15) is 13.2 Å². The fourth-order valence-corrected chi connectivity index (χ4v) is 1.91. The number of rotatable bonds is 2. The van der Waals surface area contributed by atoms with E-state index < -0.39 is 29.3 Å². The first-order valence-electron chi connectivity index (χ1n) is 5.92. The van der Waals surface area contributed by atoms with Gasteiger partial charge in [0.15, 0.2) is 0 Å². The molecule has 1 aromatic rings. The predicted molar refractivity (Wildman–Crippen MR) is 72.2 cm³/mol. The molecule has 0 radical (unpaired) electrons. The lowest BCUT2D eigenvalue weighted by molar-refractivity contribution is -0.140. The number of hydrogen-bond donors (Lipinski definition) is 1. The molecule has 1 rings (SSSR count). The number of ether oxygens (including phenoxy) is 1. The van der Waals surface area contributed by atoms with Crippen LogP contribution in [0.2, 0.25) is 0 Å². The molecule has 0 aliphatic rings. The zero-order chi connectivity index (χ0) is 16.4. The van der Waals surface area contributed by atoms with E-state index in [9.17, 15) is 22.4 Å². The Morgan fingerprint density at radius 1 is 1.29 bits per heavy atom. The van der Waals surface area contributed by atoms with Crippen LogP contribution >= 0.6 is 15.9 Å². The zero-order valence-electron chi connectivity index (χ0n) is 11.6. The van der Waals surface area contributed by atoms with Gasteiger partial charge in [0.25, 0.3) is 0 Å². The van der Waals surface area contributed by atoms with Crippen molar-refractivity contribution >= 4 is 22.0 Å². The van der Waals surface area contributed by atoms with Gasteiger partial charge < -0.3 is 10.1 Å². The van der Waals surface area contributed by atoms with Crippen molar-refractivity contribution in [3.05, 3.63) is 33.5 Å². The van der Waals surface area contributed by atoms with Gasteiger partial charge >= 0.3 is 12.3 Å². The van der Waals surface area contributed by atoms with Crippen LogP contribution in [0.3, 0.4) is 0 Å². The van der Waals surface area contributed by atoms with Crippen molar-refractivity contribution in [1.82, 2.24) is 5.32 Å². The Kier molecular flexibility index (Phi) is 5.25. The molecule has 0 atom stereocenters. The number of alkyl carbamates (subject to hydrolysis) is 1. The van der Waals surface area contributed by atoms with Gasteiger partial charge in [-0.25, -0.2) is 9.18 Å². The average Bonchev–Trinajstić information content (AvgIpc) is 2.26. The maximum absolute atomic E-state index is 13.4. The highest BCUT2D eigenvalue weighted by molar-refractivity contribution is 9.10. The Morgan fingerprint density at radius 3 is 2.33 bits per heavy atom. The first-order valence-corrected chi connectivity index (χ1v) is 6.71. The summed E-state index contributed by atoms with van der Waals surface area (Å²) in [6, 6.07) is 1.37. The number of halogens is 5. The molecule has 0 saturated carbocycles. The molecular weight excluding hydrogens is 358 g/mol. The molecule has 0 aromatic heterocycles. The van der Waals surface area contributed by atoms with Gasteiger partial charge in [0.1, 0.15) is 11.4 Å². The molecule has 0 heterocycles. The third-order valence-electron chi connectivity index (χ3n) is 2.26. The third-order valence-corrected chi connectivity index (χ3v) is 3.00. The summed E-state index contributed by atoms with van der Waals surface area (Å²) < 4.78 is 56.0. The van der Waals surface area contributed by atoms with Gasteiger partial charge in [0.05, 0.1) is 5.56 Å². The molecule has 0 saturated heterocycles. The van der Waals surface area contributed by atoms with Crippen LogP contribution in [0.15, 0.2) is 16.6 Å². The van der Waals surface area contributed by atoms with E-state index in [0.29, 0.717) is 6.07 Å². The lowest BCUT2D eigenvalue weighted by atomic mass is 10.1. The molecule has 21 heavy (non-hydrogen) atoms. The summed E-state index contributed by atoms with van der Waals surface area (Å²) >= 11 is 2.93. The fraction of sp³-hybridized carbons (Fsp3) is 0.462. The highest BCUT2D eigenvalue weighted by atomic mass is 79.9. The summed E-state index contributed by atoms with van der Waals surface area (Å²) in [7, 11) is 0. The SMILES string of the molecule is CC(C)(C)OC(=O)NCc1cc(F)c(C(F)(F)F)cc1Br. The lowest BCUT2D eigenvalue weighted by Gasteiger charge is -2.20. The Bertz CT molecular complexity index is 538. The number of alkyl halides is 3. The molecule has 1 amide bonds. The Labute approximate surface area is 127 Å². The number of carbonyl (C=O) groups excluding carboxylic acids is 1. The minimum absolute atomic E-state index is 0.0484. The molecule has 8 heteroatoms. The number of nitrogens with one attached hydrogen (secondary N) is 1. The smallest absolute Gasteiger partial charge is 0.419 e. The summed E-state index contributed by atoms with van der Waals surface area (Å²) in [6.07, 6.45) is -5.52. The van der Waals surface area contributed by atoms with E-state index in [1.807, 2.05) is 0 Å². The van der Waals surface area contributed by atoms with Crippen molar-refractivity contribution in [2.75, 3.05) is 0 Å². The molecule has 3 nitrogen and oxygen atoms in total. The van der Waals surface area contributed by atoms with Crippen molar-refractivity contribution in [2.24, 2.45) is 0 Å². The van der Waals surface area contributed by atoms with Crippen LogP contribution in [0.1, 0.15) is 31.9 Å². The Hall–Kier alpha value is -1.31. The number of hydrogen-bond acceptors (Lipinski definition) is 2. The van der Waals surface area contributed by atoms with Gasteiger partial charge in [-0.1, -0.05) is 15.9 Å². The molecule has 1 N–H and O–H groups in total. The van der Waals surface area contributed by atoms with Gasteiger partial charge in [-0.15, -0.1) is 0 Å². The summed E-state index contributed by atoms with van der Waals surface area (Å²) in [6.45, 7) is 4.84. The van der Waals surface area contributed by atoms with Crippen LogP contribution in [-0.4, -0.2) is 11.7 Å². The standard InChI is InChI=1S/C13H14BrF4NO2/c1-12(2,3)21-11(20)19-6-7-4-10(15)8(5-9(7)14)13(16,17)18/h4-5H,6H2,1-3H3,(H,19,20). The first kappa shape index (κ1) is 17.7. The number of carbonyl (C=O) groups is 1. The molecule has 0 fully saturated rings. The van der Waals surface area contributed by atoms with E-state index >= 15 is 0 Å². The molecular formula is C13H14BrF4NO2. The van der Waals surface area contributed by atoms with Crippen LogP contribution < -0.4 is 5.32 Å². The molecule has 118 valence electrons. The summed E-state index contributed by atoms with van der Waals surface area (Å²) in [5, 5.41) is 2.34. The van der Waals surface area contributed by atoms with Crippen LogP contribution in [0.25, 0.3) is 0 Å². The molecule has 0 unspecified atom stereocenters. The normalized spacial score (nSPS) is 12.2. The highest BCUT2D eigenvalue weighted by Gasteiger charge is 2.34. The Balaban J connectivity index is 2.82. The van der Waals surface area contributed by atoms with E-state index in [1.165, 1.54) is 0 Å². The number of amides is 1. The van der Waals surface area contributed by atoms with Crippen molar-refractivity contribution in [1.29, 1.82) is 0 Å². The largest absolute Gasteiger partial charge is 0.444 e. The summed E-state index contributed by atoms with van der Waals surface area (Å²) in [5.41, 5.74) is -1.89. The molecule has 0 spiro atoms. The van der Waals surface area contributed by atoms with Gasteiger partial charge in [-0.05, 0) is 38.5 Å². The predicted octanol–water partition coefficient (Wildman–Crippen LogP) is 4.63. The minimum Gasteiger partial charge on any atom is -0.444 e. The van der Waals surface area contributed by atoms with E-state index in [1.54, 1.807) is 20.8 Å². The second-order valence-corrected chi connectivity index (χ2v) is 6.13. The van der Waals surface area contributed by atoms with Crippen molar-refractivity contribution < 1.29 is 27.1 Å². The molecule has 0 aliphatic carbocycles. The topological polar surface area (TPSA) is 38.3 Å². The lowest BCUT2D eigenvalue weighted by Crippen LogP contribution is -2.32. The van der Waals surface area contributed by atoms with Gasteiger partial charge in [-0.3, -0.25) is 0 Å². The van der Waals surface area contributed by atoms with Crippen molar-refractivity contribution in [2.45, 2.75) is 39.1 Å². The van der Waals surface area contributed by atoms with Crippen LogP contribution in [-0.2, 0) is 17.5 Å². The quantitative estimate of drug-likeness (QED) is 0.769. The second-order valence-electron chi connectivity index (χ2n) is 5.28. The number of benzene rings is 1. The highest BCUT2D eigenvalue weighted by Crippen LogP contribution is 2.34. The van der Waals surface area contributed by atoms with Gasteiger partial charge in [0.2, 0.25) is 0 Å². The maximum Gasteiger partial charge on any atom is 0.419 e. The molecule has 0 bridgehead atoms. The summed E-state index contributed by atoms with van der Waals surface area (Å²) in [5.74, 6) is -1.40. The second kappa shape index (κ2) is 6.21.